The van der Waals surface area contributed by atoms with Crippen LogP contribution in [0.3, 0.4) is 0 Å². The molecule has 0 saturated carbocycles. The molecule has 0 radical (unpaired) electrons. The van der Waals surface area contributed by atoms with Gasteiger partial charge >= 0.3 is 0 Å². The highest BCUT2D eigenvalue weighted by Gasteiger charge is 2.25. The van der Waals surface area contributed by atoms with E-state index in [0.29, 0.717) is 54.5 Å². The zero-order chi connectivity index (χ0) is 25.1. The minimum Gasteiger partial charge on any atom is -0.497 e. The molecule has 9 nitrogen and oxygen atoms in total. The van der Waals surface area contributed by atoms with Gasteiger partial charge in [-0.2, -0.15) is 4.98 Å². The molecule has 3 heterocycles. The van der Waals surface area contributed by atoms with Crippen molar-refractivity contribution in [2.24, 2.45) is 0 Å². The number of carbonyl (C=O) groups excluding carboxylic acids is 1. The summed E-state index contributed by atoms with van der Waals surface area (Å²) in [5.74, 6) is 1.84. The van der Waals surface area contributed by atoms with Gasteiger partial charge in [0.05, 0.1) is 12.1 Å². The average Bonchev–Trinajstić information content (AvgIpc) is 3.30. The van der Waals surface area contributed by atoms with Crippen LogP contribution < -0.4 is 20.1 Å². The predicted octanol–water partition coefficient (Wildman–Crippen LogP) is 3.13. The lowest BCUT2D eigenvalue weighted by atomic mass is 10.1. The van der Waals surface area contributed by atoms with Crippen LogP contribution in [0, 0.1) is 5.82 Å². The number of fused-ring (bicyclic) bond motifs is 1. The highest BCUT2D eigenvalue weighted by molar-refractivity contribution is 7.18. The van der Waals surface area contributed by atoms with Gasteiger partial charge in [0.1, 0.15) is 22.8 Å². The van der Waals surface area contributed by atoms with Crippen LogP contribution in [0.15, 0.2) is 48.5 Å². The number of hydrogen-bond donors (Lipinski definition) is 1. The highest BCUT2D eigenvalue weighted by atomic mass is 32.1. The Labute approximate surface area is 211 Å². The van der Waals surface area contributed by atoms with Crippen molar-refractivity contribution in [2.45, 2.75) is 6.42 Å². The number of nitrogens with two attached hydrogens (primary N) is 1. The summed E-state index contributed by atoms with van der Waals surface area (Å²) in [5, 5.41) is 0.849. The number of piperazine rings is 1. The molecule has 1 aliphatic heterocycles. The van der Waals surface area contributed by atoms with E-state index < -0.39 is 0 Å². The van der Waals surface area contributed by atoms with Crippen molar-refractivity contribution in [1.82, 2.24) is 19.9 Å². The number of methoxy groups -OCH3 is 1. The van der Waals surface area contributed by atoms with E-state index in [9.17, 15) is 9.18 Å². The number of rotatable bonds is 7. The molecule has 4 aromatic rings. The Hall–Kier alpha value is -3.99. The van der Waals surface area contributed by atoms with E-state index in [0.717, 1.165) is 16.3 Å². The molecule has 1 saturated heterocycles. The molecule has 1 fully saturated rings. The molecule has 0 unspecified atom stereocenters. The number of nitrogen functional groups attached to an aromatic ring is 1. The average molecular weight is 509 g/mol. The van der Waals surface area contributed by atoms with Gasteiger partial charge < -0.3 is 25.0 Å². The van der Waals surface area contributed by atoms with Gasteiger partial charge in [-0.3, -0.25) is 4.79 Å². The first-order valence-electron chi connectivity index (χ1n) is 11.5. The lowest BCUT2D eigenvalue weighted by Gasteiger charge is -2.35. The predicted molar refractivity (Wildman–Crippen MR) is 136 cm³/mol. The van der Waals surface area contributed by atoms with Crippen molar-refractivity contribution in [1.29, 1.82) is 0 Å². The smallest absolute Gasteiger partial charge is 0.260 e. The summed E-state index contributed by atoms with van der Waals surface area (Å²) in [4.78, 5) is 30.8. The van der Waals surface area contributed by atoms with E-state index in [-0.39, 0.29) is 24.3 Å². The summed E-state index contributed by atoms with van der Waals surface area (Å²) in [5.41, 5.74) is 7.65. The van der Waals surface area contributed by atoms with E-state index in [2.05, 4.69) is 14.9 Å². The largest absolute Gasteiger partial charge is 0.497 e. The monoisotopic (exact) mass is 508 g/mol. The van der Waals surface area contributed by atoms with Gasteiger partial charge in [-0.1, -0.05) is 23.5 Å². The van der Waals surface area contributed by atoms with Crippen molar-refractivity contribution in [3.05, 3.63) is 64.9 Å². The number of amides is 1. The van der Waals surface area contributed by atoms with Crippen LogP contribution in [0.4, 0.5) is 16.2 Å². The van der Waals surface area contributed by atoms with Gasteiger partial charge in [-0.05, 0) is 42.0 Å². The zero-order valence-electron chi connectivity index (χ0n) is 19.7. The first kappa shape index (κ1) is 23.7. The molecule has 0 aliphatic carbocycles. The maximum Gasteiger partial charge on any atom is 0.260 e. The molecule has 2 N–H and O–H groups in total. The number of hydrogen-bond acceptors (Lipinski definition) is 9. The summed E-state index contributed by atoms with van der Waals surface area (Å²) in [7, 11) is 1.60. The molecule has 1 amide bonds. The molecule has 2 aromatic carbocycles. The third-order valence-corrected chi connectivity index (χ3v) is 6.87. The molecule has 186 valence electrons. The van der Waals surface area contributed by atoms with Gasteiger partial charge in [-0.15, -0.1) is 0 Å². The Balaban J connectivity index is 1.23. The molecule has 0 spiro atoms. The Kier molecular flexibility index (Phi) is 6.81. The summed E-state index contributed by atoms with van der Waals surface area (Å²) < 4.78 is 24.0. The molecule has 11 heteroatoms. The van der Waals surface area contributed by atoms with Gasteiger partial charge in [0.15, 0.2) is 17.3 Å². The Morgan fingerprint density at radius 1 is 1.00 bits per heavy atom. The number of nitrogens with zero attached hydrogens (tertiary/aromatic N) is 5. The van der Waals surface area contributed by atoms with E-state index in [1.807, 2.05) is 0 Å². The van der Waals surface area contributed by atoms with Crippen molar-refractivity contribution in [3.8, 4) is 11.5 Å². The minimum atomic E-state index is -0.270. The second-order valence-corrected chi connectivity index (χ2v) is 9.36. The number of ether oxygens (including phenoxy) is 2. The van der Waals surface area contributed by atoms with E-state index in [4.69, 9.17) is 20.2 Å². The van der Waals surface area contributed by atoms with Crippen molar-refractivity contribution < 1.29 is 18.7 Å². The SMILES string of the molecule is COc1ccc(OCC(=O)N2CCN(c3nc(N)nc4sc(Cc5ccc(F)cc5)nc34)CC2)cc1. The number of carbonyl (C=O) groups is 1. The number of thiazole rings is 1. The van der Waals surface area contributed by atoms with Gasteiger partial charge in [-0.25, -0.2) is 14.4 Å². The summed E-state index contributed by atoms with van der Waals surface area (Å²) in [6, 6.07) is 13.5. The Bertz CT molecular complexity index is 1350. The lowest BCUT2D eigenvalue weighted by Crippen LogP contribution is -2.50. The summed E-state index contributed by atoms with van der Waals surface area (Å²) in [6.45, 7) is 2.21. The molecule has 0 atom stereocenters. The van der Waals surface area contributed by atoms with Crippen LogP contribution in [-0.2, 0) is 11.2 Å². The molecule has 36 heavy (non-hydrogen) atoms. The van der Waals surface area contributed by atoms with Gasteiger partial charge in [0, 0.05) is 32.6 Å². The normalized spacial score (nSPS) is 13.7. The Morgan fingerprint density at radius 2 is 1.69 bits per heavy atom. The molecule has 5 rings (SSSR count). The third-order valence-electron chi connectivity index (χ3n) is 5.92. The standard InChI is InChI=1S/C25H25FN6O3S/c1-34-18-6-8-19(9-7-18)35-15-21(33)31-10-12-32(13-11-31)23-22-24(30-25(27)29-23)36-20(28-22)14-16-2-4-17(26)5-3-16/h2-9H,10-15H2,1H3,(H2,27,29,30). The van der Waals surface area contributed by atoms with Gasteiger partial charge in [0.2, 0.25) is 5.95 Å². The number of aromatic nitrogens is 3. The van der Waals surface area contributed by atoms with Crippen LogP contribution in [0.2, 0.25) is 0 Å². The van der Waals surface area contributed by atoms with Crippen LogP contribution in [-0.4, -0.2) is 65.7 Å². The van der Waals surface area contributed by atoms with E-state index in [1.54, 1.807) is 48.4 Å². The van der Waals surface area contributed by atoms with Crippen molar-refractivity contribution >= 4 is 39.4 Å². The second kappa shape index (κ2) is 10.3. The third kappa shape index (κ3) is 5.30. The summed E-state index contributed by atoms with van der Waals surface area (Å²) in [6.07, 6.45) is 0.567. The van der Waals surface area contributed by atoms with Gasteiger partial charge in [0.25, 0.3) is 5.91 Å². The first-order chi connectivity index (χ1) is 17.5. The zero-order valence-corrected chi connectivity index (χ0v) is 20.5. The number of halogens is 1. The Morgan fingerprint density at radius 3 is 2.39 bits per heavy atom. The maximum absolute atomic E-state index is 13.2. The number of benzene rings is 2. The first-order valence-corrected chi connectivity index (χ1v) is 12.3. The van der Waals surface area contributed by atoms with Crippen LogP contribution in [0.5, 0.6) is 11.5 Å². The maximum atomic E-state index is 13.2. The van der Waals surface area contributed by atoms with E-state index >= 15 is 0 Å². The highest BCUT2D eigenvalue weighted by Crippen LogP contribution is 2.30. The molecule has 0 bridgehead atoms. The number of anilines is 2. The fourth-order valence-corrected chi connectivity index (χ4v) is 4.99. The quantitative estimate of drug-likeness (QED) is 0.406. The molecular weight excluding hydrogens is 483 g/mol. The van der Waals surface area contributed by atoms with Crippen LogP contribution in [0.1, 0.15) is 10.6 Å². The topological polar surface area (TPSA) is 107 Å². The molecule has 2 aromatic heterocycles. The van der Waals surface area contributed by atoms with Crippen molar-refractivity contribution in [3.63, 3.8) is 0 Å². The van der Waals surface area contributed by atoms with Crippen LogP contribution in [0.25, 0.3) is 10.3 Å². The fraction of sp³-hybridized carbons (Fsp3) is 0.280. The summed E-state index contributed by atoms with van der Waals surface area (Å²) >= 11 is 1.45. The second-order valence-electron chi connectivity index (χ2n) is 8.30. The molecule has 1 aliphatic rings. The van der Waals surface area contributed by atoms with Crippen LogP contribution >= 0.6 is 11.3 Å². The van der Waals surface area contributed by atoms with Crippen molar-refractivity contribution in [2.75, 3.05) is 50.5 Å². The minimum absolute atomic E-state index is 0.0319. The van der Waals surface area contributed by atoms with E-state index in [1.165, 1.54) is 23.5 Å². The lowest BCUT2D eigenvalue weighted by molar-refractivity contribution is -0.133. The fourth-order valence-electron chi connectivity index (χ4n) is 4.02. The molecular formula is C25H25FN6O3S.